The van der Waals surface area contributed by atoms with Crippen molar-refractivity contribution in [2.75, 3.05) is 4.90 Å². The number of nitrogens with zero attached hydrogens (tertiary/aromatic N) is 1. The van der Waals surface area contributed by atoms with Crippen molar-refractivity contribution in [1.29, 1.82) is 0 Å². The number of fused-ring (bicyclic) bond motifs is 2. The second kappa shape index (κ2) is 15.0. The number of rotatable bonds is 8. The zero-order chi connectivity index (χ0) is 44.9. The summed E-state index contributed by atoms with van der Waals surface area (Å²) in [5.41, 5.74) is 6.14. The average molecular weight is 734 g/mol. The average Bonchev–Trinajstić information content (AvgIpc) is 3.35. The van der Waals surface area contributed by atoms with Crippen LogP contribution in [0, 0.1) is 0 Å². The van der Waals surface area contributed by atoms with Crippen LogP contribution in [0.5, 0.6) is 0 Å². The van der Waals surface area contributed by atoms with Crippen LogP contribution in [0.15, 0.2) is 236 Å². The lowest BCUT2D eigenvalue weighted by Crippen LogP contribution is -2.11. The van der Waals surface area contributed by atoms with Crippen LogP contribution in [-0.4, -0.2) is 0 Å². The summed E-state index contributed by atoms with van der Waals surface area (Å²) < 4.78 is 77.6. The van der Waals surface area contributed by atoms with Crippen molar-refractivity contribution in [3.05, 3.63) is 236 Å². The zero-order valence-electron chi connectivity index (χ0n) is 38.8. The van der Waals surface area contributed by atoms with Crippen LogP contribution in [0.3, 0.4) is 0 Å². The molecule has 0 radical (unpaired) electrons. The van der Waals surface area contributed by atoms with E-state index in [1.54, 1.807) is 12.1 Å². The Morgan fingerprint density at radius 2 is 0.754 bits per heavy atom. The molecule has 0 N–H and O–H groups in total. The fourth-order valence-electron chi connectivity index (χ4n) is 7.68. The highest BCUT2D eigenvalue weighted by molar-refractivity contribution is 6.04. The molecule has 0 aliphatic heterocycles. The first kappa shape index (κ1) is 26.3. The Kier molecular flexibility index (Phi) is 6.92. The zero-order valence-corrected chi connectivity index (χ0v) is 30.8. The SMILES string of the molecule is [2H]c1c([2H])c(N(c2ccccc2-c2ccccc2)c2c([2H])c([2H])c(-c3c(-c4ccccc4)ccc4ccccc34)c([2H])c2[2H])c([2H])c([2H])c1-c1ccc(-c2cccc3ccccc23)cc1. The lowest BCUT2D eigenvalue weighted by atomic mass is 9.89. The molecule has 10 rings (SSSR count). The Bertz CT molecular complexity index is 3400. The second-order valence-corrected chi connectivity index (χ2v) is 13.8. The summed E-state index contributed by atoms with van der Waals surface area (Å²) in [7, 11) is 0. The molecule has 10 aromatic rings. The quantitative estimate of drug-likeness (QED) is 0.150. The molecule has 10 aromatic carbocycles. The standard InChI is InChI=1S/C56H39N/c1-3-14-43(15-4-1)52-22-11-12-25-55(52)57(48-35-30-41(31-36-48)40-26-28-46(29-27-40)51-24-13-20-42-18-7-9-21-50(42)51)49-37-32-47(33-38-49)56-53-23-10-8-19-45(53)34-39-54(56)44-16-5-2-6-17-44/h1-39H/i30D,31D,32D,33D,35D,36D,37D,38D. The van der Waals surface area contributed by atoms with E-state index < -0.39 is 24.2 Å². The Labute approximate surface area is 345 Å². The first-order valence-corrected chi connectivity index (χ1v) is 19.0. The van der Waals surface area contributed by atoms with Crippen LogP contribution < -0.4 is 4.90 Å². The molecule has 57 heavy (non-hydrogen) atoms. The van der Waals surface area contributed by atoms with Crippen molar-refractivity contribution < 1.29 is 11.0 Å². The fraction of sp³-hybridized carbons (Fsp3) is 0. The van der Waals surface area contributed by atoms with Gasteiger partial charge in [0.1, 0.15) is 0 Å². The Morgan fingerprint density at radius 1 is 0.281 bits per heavy atom. The van der Waals surface area contributed by atoms with E-state index in [4.69, 9.17) is 0 Å². The van der Waals surface area contributed by atoms with Gasteiger partial charge in [0.2, 0.25) is 0 Å². The lowest BCUT2D eigenvalue weighted by molar-refractivity contribution is 1.28. The highest BCUT2D eigenvalue weighted by atomic mass is 15.1. The van der Waals surface area contributed by atoms with Gasteiger partial charge in [0.15, 0.2) is 0 Å². The third kappa shape index (κ3) is 6.56. The van der Waals surface area contributed by atoms with Gasteiger partial charge in [0, 0.05) is 16.9 Å². The van der Waals surface area contributed by atoms with E-state index in [1.807, 2.05) is 158 Å². The van der Waals surface area contributed by atoms with Gasteiger partial charge in [0.25, 0.3) is 0 Å². The third-order valence-electron chi connectivity index (χ3n) is 10.4. The van der Waals surface area contributed by atoms with Gasteiger partial charge in [0.05, 0.1) is 16.7 Å². The maximum absolute atomic E-state index is 9.83. The van der Waals surface area contributed by atoms with Crippen LogP contribution in [0.25, 0.3) is 77.2 Å². The summed E-state index contributed by atoms with van der Waals surface area (Å²) in [6.45, 7) is 0. The molecule has 0 aromatic heterocycles. The van der Waals surface area contributed by atoms with Crippen LogP contribution in [0.1, 0.15) is 11.0 Å². The number of anilines is 3. The lowest BCUT2D eigenvalue weighted by Gasteiger charge is -2.28. The van der Waals surface area contributed by atoms with Crippen molar-refractivity contribution in [3.63, 3.8) is 0 Å². The number of hydrogen-bond donors (Lipinski definition) is 0. The summed E-state index contributed by atoms with van der Waals surface area (Å²) in [6.07, 6.45) is 0. The molecule has 0 atom stereocenters. The third-order valence-corrected chi connectivity index (χ3v) is 10.4. The van der Waals surface area contributed by atoms with Gasteiger partial charge in [-0.3, -0.25) is 0 Å². The van der Waals surface area contributed by atoms with Gasteiger partial charge >= 0.3 is 0 Å². The minimum absolute atomic E-state index is 0.101. The molecular weight excluding hydrogens is 687 g/mol. The van der Waals surface area contributed by atoms with Gasteiger partial charge in [-0.2, -0.15) is 0 Å². The second-order valence-electron chi connectivity index (χ2n) is 13.8. The van der Waals surface area contributed by atoms with Crippen LogP contribution in [-0.2, 0) is 0 Å². The molecule has 0 saturated heterocycles. The molecule has 0 aliphatic rings. The molecule has 0 amide bonds. The maximum atomic E-state index is 9.83. The molecule has 0 aliphatic carbocycles. The Morgan fingerprint density at radius 3 is 1.44 bits per heavy atom. The van der Waals surface area contributed by atoms with Gasteiger partial charge < -0.3 is 4.90 Å². The predicted molar refractivity (Wildman–Crippen MR) is 243 cm³/mol. The molecule has 0 fully saturated rings. The van der Waals surface area contributed by atoms with Gasteiger partial charge in [-0.05, 0) is 102 Å². The number of hydrogen-bond acceptors (Lipinski definition) is 1. The van der Waals surface area contributed by atoms with Crippen LogP contribution in [0.2, 0.25) is 0 Å². The van der Waals surface area contributed by atoms with Crippen LogP contribution in [0.4, 0.5) is 17.1 Å². The first-order valence-electron chi connectivity index (χ1n) is 23.0. The molecule has 0 spiro atoms. The van der Waals surface area contributed by atoms with Crippen molar-refractivity contribution in [2.45, 2.75) is 0 Å². The van der Waals surface area contributed by atoms with Crippen molar-refractivity contribution in [3.8, 4) is 55.6 Å². The molecule has 0 bridgehead atoms. The molecule has 1 heteroatoms. The topological polar surface area (TPSA) is 3.24 Å². The summed E-state index contributed by atoms with van der Waals surface area (Å²) >= 11 is 0. The highest BCUT2D eigenvalue weighted by Crippen LogP contribution is 2.44. The molecule has 0 saturated carbocycles. The summed E-state index contributed by atoms with van der Waals surface area (Å²) in [6, 6.07) is 56.8. The van der Waals surface area contributed by atoms with E-state index in [0.29, 0.717) is 22.4 Å². The summed E-state index contributed by atoms with van der Waals surface area (Å²) in [5.74, 6) is 0. The molecule has 0 unspecified atom stereocenters. The predicted octanol–water partition coefficient (Wildman–Crippen LogP) is 15.8. The number of para-hydroxylation sites is 1. The van der Waals surface area contributed by atoms with E-state index in [-0.39, 0.29) is 46.7 Å². The van der Waals surface area contributed by atoms with Gasteiger partial charge in [-0.15, -0.1) is 0 Å². The smallest absolute Gasteiger partial charge is 0.0645 e. The van der Waals surface area contributed by atoms with E-state index in [0.717, 1.165) is 49.4 Å². The van der Waals surface area contributed by atoms with Gasteiger partial charge in [-0.25, -0.2) is 0 Å². The first-order chi connectivity index (χ1) is 31.6. The van der Waals surface area contributed by atoms with E-state index in [2.05, 4.69) is 18.2 Å². The molecular formula is C56H39N. The molecule has 0 heterocycles. The molecule has 1 nitrogen and oxygen atoms in total. The highest BCUT2D eigenvalue weighted by Gasteiger charge is 2.19. The van der Waals surface area contributed by atoms with E-state index in [9.17, 15) is 11.0 Å². The minimum atomic E-state index is -0.402. The summed E-state index contributed by atoms with van der Waals surface area (Å²) in [4.78, 5) is 1.39. The number of benzene rings is 10. The Balaban J connectivity index is 1.21. The Hall–Kier alpha value is -7.48. The largest absolute Gasteiger partial charge is 0.310 e. The molecule has 268 valence electrons. The minimum Gasteiger partial charge on any atom is -0.310 e. The van der Waals surface area contributed by atoms with E-state index >= 15 is 0 Å². The van der Waals surface area contributed by atoms with Gasteiger partial charge in [-0.1, -0.05) is 206 Å². The van der Waals surface area contributed by atoms with Crippen molar-refractivity contribution >= 4 is 38.6 Å². The summed E-state index contributed by atoms with van der Waals surface area (Å²) in [5, 5.41) is 3.82. The van der Waals surface area contributed by atoms with Crippen LogP contribution >= 0.6 is 0 Å². The maximum Gasteiger partial charge on any atom is 0.0645 e. The van der Waals surface area contributed by atoms with Crippen molar-refractivity contribution in [1.82, 2.24) is 0 Å². The monoisotopic (exact) mass is 733 g/mol. The normalized spacial score (nSPS) is 13.1. The fourth-order valence-corrected chi connectivity index (χ4v) is 7.68. The van der Waals surface area contributed by atoms with E-state index in [1.165, 1.54) is 4.90 Å². The van der Waals surface area contributed by atoms with Crippen molar-refractivity contribution in [2.24, 2.45) is 0 Å².